The SMILES string of the molecule is CC(C)[C@@H](NS(=O)(=O)c1ccc(-c2ccc(COc3cccc(F)c3)cc2)cc1C1=CC=CC1)C(=O)O. The number of carboxylic acids is 1. The molecule has 6 nitrogen and oxygen atoms in total. The molecule has 0 spiro atoms. The van der Waals surface area contributed by atoms with Crippen LogP contribution in [0.1, 0.15) is 31.4 Å². The number of carbonyl (C=O) groups is 1. The molecular weight excluding hydrogens is 493 g/mol. The first-order valence-electron chi connectivity index (χ1n) is 11.9. The lowest BCUT2D eigenvalue weighted by molar-refractivity contribution is -0.140. The molecule has 0 heterocycles. The number of ether oxygens (including phenoxy) is 1. The highest BCUT2D eigenvalue weighted by Gasteiger charge is 2.30. The zero-order chi connectivity index (χ0) is 26.6. The molecule has 8 heteroatoms. The third-order valence-corrected chi connectivity index (χ3v) is 7.59. The van der Waals surface area contributed by atoms with E-state index in [0.717, 1.165) is 22.3 Å². The summed E-state index contributed by atoms with van der Waals surface area (Å²) in [6.45, 7) is 3.58. The summed E-state index contributed by atoms with van der Waals surface area (Å²) in [5.74, 6) is -1.56. The average Bonchev–Trinajstić information content (AvgIpc) is 3.41. The number of nitrogens with one attached hydrogen (secondary N) is 1. The molecule has 0 fully saturated rings. The number of hydrogen-bond donors (Lipinski definition) is 2. The van der Waals surface area contributed by atoms with E-state index < -0.39 is 28.0 Å². The van der Waals surface area contributed by atoms with Crippen LogP contribution < -0.4 is 9.46 Å². The van der Waals surface area contributed by atoms with E-state index in [-0.39, 0.29) is 17.3 Å². The van der Waals surface area contributed by atoms with Gasteiger partial charge in [-0.25, -0.2) is 12.8 Å². The number of sulfonamides is 1. The van der Waals surface area contributed by atoms with E-state index in [1.807, 2.05) is 48.6 Å². The fraction of sp³-hybridized carbons (Fsp3) is 0.207. The Morgan fingerprint density at radius 1 is 1.05 bits per heavy atom. The summed E-state index contributed by atoms with van der Waals surface area (Å²) in [6.07, 6.45) is 6.25. The van der Waals surface area contributed by atoms with Crippen LogP contribution >= 0.6 is 0 Å². The van der Waals surface area contributed by atoms with Crippen molar-refractivity contribution in [2.45, 2.75) is 37.8 Å². The second kappa shape index (κ2) is 11.1. The number of benzene rings is 3. The highest BCUT2D eigenvalue weighted by atomic mass is 32.2. The summed E-state index contributed by atoms with van der Waals surface area (Å²) in [5, 5.41) is 9.49. The molecule has 0 radical (unpaired) electrons. The van der Waals surface area contributed by atoms with Crippen molar-refractivity contribution in [1.29, 1.82) is 0 Å². The van der Waals surface area contributed by atoms with Crippen LogP contribution in [0.4, 0.5) is 4.39 Å². The second-order valence-corrected chi connectivity index (χ2v) is 10.8. The van der Waals surface area contributed by atoms with Crippen LogP contribution in [0.25, 0.3) is 16.7 Å². The monoisotopic (exact) mass is 521 g/mol. The minimum Gasteiger partial charge on any atom is -0.489 e. The minimum atomic E-state index is -4.10. The van der Waals surface area contributed by atoms with Gasteiger partial charge < -0.3 is 9.84 Å². The number of rotatable bonds is 10. The second-order valence-electron chi connectivity index (χ2n) is 9.16. The molecule has 0 bridgehead atoms. The summed E-state index contributed by atoms with van der Waals surface area (Å²) in [6, 6.07) is 17.4. The molecule has 1 aliphatic rings. The van der Waals surface area contributed by atoms with Crippen LogP contribution in [0.2, 0.25) is 0 Å². The summed E-state index contributed by atoms with van der Waals surface area (Å²) >= 11 is 0. The highest BCUT2D eigenvalue weighted by molar-refractivity contribution is 7.89. The first-order valence-corrected chi connectivity index (χ1v) is 13.4. The molecule has 0 saturated heterocycles. The van der Waals surface area contributed by atoms with Gasteiger partial charge in [-0.05, 0) is 64.4 Å². The van der Waals surface area contributed by atoms with Gasteiger partial charge in [-0.3, -0.25) is 4.79 Å². The number of halogens is 1. The quantitative estimate of drug-likeness (QED) is 0.352. The summed E-state index contributed by atoms with van der Waals surface area (Å²) in [7, 11) is -4.10. The van der Waals surface area contributed by atoms with Crippen molar-refractivity contribution in [2.24, 2.45) is 5.92 Å². The van der Waals surface area contributed by atoms with Crippen molar-refractivity contribution in [2.75, 3.05) is 0 Å². The highest BCUT2D eigenvalue weighted by Crippen LogP contribution is 2.33. The van der Waals surface area contributed by atoms with E-state index >= 15 is 0 Å². The van der Waals surface area contributed by atoms with E-state index in [2.05, 4.69) is 4.72 Å². The Labute approximate surface area is 216 Å². The Hall–Kier alpha value is -3.75. The summed E-state index contributed by atoms with van der Waals surface area (Å²) < 4.78 is 47.9. The van der Waals surface area contributed by atoms with Gasteiger partial charge >= 0.3 is 5.97 Å². The van der Waals surface area contributed by atoms with Gasteiger partial charge in [-0.2, -0.15) is 4.72 Å². The van der Waals surface area contributed by atoms with E-state index in [1.165, 1.54) is 18.2 Å². The van der Waals surface area contributed by atoms with Gasteiger partial charge in [0.15, 0.2) is 0 Å². The third-order valence-electron chi connectivity index (χ3n) is 6.09. The van der Waals surface area contributed by atoms with E-state index in [9.17, 15) is 22.7 Å². The number of hydrogen-bond acceptors (Lipinski definition) is 4. The molecule has 3 aromatic carbocycles. The van der Waals surface area contributed by atoms with E-state index in [4.69, 9.17) is 4.74 Å². The van der Waals surface area contributed by atoms with Crippen LogP contribution in [0.5, 0.6) is 5.75 Å². The van der Waals surface area contributed by atoms with Gasteiger partial charge in [0.05, 0.1) is 4.90 Å². The van der Waals surface area contributed by atoms with E-state index in [0.29, 0.717) is 17.7 Å². The van der Waals surface area contributed by atoms with Crippen molar-refractivity contribution in [3.63, 3.8) is 0 Å². The number of allylic oxidation sites excluding steroid dienone is 4. The van der Waals surface area contributed by atoms with Crippen LogP contribution in [0, 0.1) is 11.7 Å². The predicted molar refractivity (Wildman–Crippen MR) is 141 cm³/mol. The van der Waals surface area contributed by atoms with Crippen LogP contribution in [-0.4, -0.2) is 25.5 Å². The molecular formula is C29H28FNO5S. The number of aliphatic carboxylic acids is 1. The molecule has 4 rings (SSSR count). The lowest BCUT2D eigenvalue weighted by Gasteiger charge is -2.20. The lowest BCUT2D eigenvalue weighted by atomic mass is 9.98. The van der Waals surface area contributed by atoms with Gasteiger partial charge in [0, 0.05) is 6.07 Å². The topological polar surface area (TPSA) is 92.7 Å². The zero-order valence-corrected chi connectivity index (χ0v) is 21.3. The molecule has 0 amide bonds. The molecule has 0 aliphatic heterocycles. The maximum atomic E-state index is 13.4. The first-order chi connectivity index (χ1) is 17.6. The molecule has 0 aromatic heterocycles. The van der Waals surface area contributed by atoms with Gasteiger partial charge in [-0.1, -0.05) is 68.5 Å². The smallest absolute Gasteiger partial charge is 0.322 e. The van der Waals surface area contributed by atoms with Gasteiger partial charge in [0.1, 0.15) is 24.2 Å². The molecule has 1 aliphatic carbocycles. The molecule has 0 saturated carbocycles. The fourth-order valence-electron chi connectivity index (χ4n) is 4.06. The number of carboxylic acid groups (broad SMARTS) is 1. The van der Waals surface area contributed by atoms with Gasteiger partial charge in [0.2, 0.25) is 10.0 Å². The Bertz CT molecular complexity index is 1460. The molecule has 1 atom stereocenters. The maximum absolute atomic E-state index is 13.4. The van der Waals surface area contributed by atoms with Crippen LogP contribution in [0.3, 0.4) is 0 Å². The Morgan fingerprint density at radius 3 is 2.41 bits per heavy atom. The van der Waals surface area contributed by atoms with Crippen molar-refractivity contribution in [3.8, 4) is 16.9 Å². The molecule has 3 aromatic rings. The molecule has 192 valence electrons. The molecule has 0 unspecified atom stereocenters. The Balaban J connectivity index is 1.60. The Kier molecular flexibility index (Phi) is 7.90. The van der Waals surface area contributed by atoms with Gasteiger partial charge in [-0.15, -0.1) is 0 Å². The van der Waals surface area contributed by atoms with Crippen LogP contribution in [0.15, 0.2) is 89.9 Å². The third kappa shape index (κ3) is 6.34. The van der Waals surface area contributed by atoms with Crippen molar-refractivity contribution < 1.29 is 27.4 Å². The molecule has 37 heavy (non-hydrogen) atoms. The summed E-state index contributed by atoms with van der Waals surface area (Å²) in [5.41, 5.74) is 3.95. The Morgan fingerprint density at radius 2 is 1.78 bits per heavy atom. The lowest BCUT2D eigenvalue weighted by Crippen LogP contribution is -2.44. The summed E-state index contributed by atoms with van der Waals surface area (Å²) in [4.78, 5) is 11.7. The van der Waals surface area contributed by atoms with Crippen LogP contribution in [-0.2, 0) is 21.4 Å². The van der Waals surface area contributed by atoms with Crippen molar-refractivity contribution in [3.05, 3.63) is 102 Å². The largest absolute Gasteiger partial charge is 0.489 e. The van der Waals surface area contributed by atoms with Crippen molar-refractivity contribution in [1.82, 2.24) is 4.72 Å². The average molecular weight is 522 g/mol. The fourth-order valence-corrected chi connectivity index (χ4v) is 5.62. The van der Waals surface area contributed by atoms with E-state index in [1.54, 1.807) is 32.0 Å². The standard InChI is InChI=1S/C29H28FNO5S/c1-19(2)28(29(32)33)31-37(34,35)27-15-14-23(16-26(27)22-6-3-4-7-22)21-12-10-20(11-13-21)18-36-25-9-5-8-24(30)17-25/h3-6,8-17,19,28,31H,7,18H2,1-2H3,(H,32,33)/t28-/m1/s1. The molecule has 2 N–H and O–H groups in total. The van der Waals surface area contributed by atoms with Gasteiger partial charge in [0.25, 0.3) is 0 Å². The van der Waals surface area contributed by atoms with Crippen molar-refractivity contribution >= 4 is 21.6 Å². The zero-order valence-electron chi connectivity index (χ0n) is 20.5. The first kappa shape index (κ1) is 26.3. The normalized spacial score (nSPS) is 14.0. The predicted octanol–water partition coefficient (Wildman–Crippen LogP) is 5.80. The maximum Gasteiger partial charge on any atom is 0.322 e. The minimum absolute atomic E-state index is 0.0400.